The Balaban J connectivity index is 2.95. The first-order valence-corrected chi connectivity index (χ1v) is 5.80. The molecule has 1 unspecified atom stereocenters. The molecule has 0 radical (unpaired) electrons. The first-order chi connectivity index (χ1) is 6.81. The molecular weight excluding hydrogens is 174 g/mol. The maximum atomic E-state index is 9.19. The number of nitrogens with two attached hydrogens (primary N) is 1. The smallest absolute Gasteiger partial charge is 0.0662 e. The Morgan fingerprint density at radius 3 is 2.21 bits per heavy atom. The first kappa shape index (κ1) is 13.7. The van der Waals surface area contributed by atoms with Crippen molar-refractivity contribution in [3.8, 4) is 0 Å². The van der Waals surface area contributed by atoms with Crippen LogP contribution in [-0.4, -0.2) is 17.8 Å². The van der Waals surface area contributed by atoms with Crippen molar-refractivity contribution in [1.29, 1.82) is 0 Å². The van der Waals surface area contributed by atoms with Crippen molar-refractivity contribution < 1.29 is 5.11 Å². The van der Waals surface area contributed by atoms with Crippen LogP contribution in [0.5, 0.6) is 0 Å². The molecule has 0 heterocycles. The minimum Gasteiger partial charge on any atom is -0.392 e. The van der Waals surface area contributed by atoms with E-state index in [4.69, 9.17) is 5.73 Å². The summed E-state index contributed by atoms with van der Waals surface area (Å²) in [5, 5.41) is 9.19. The summed E-state index contributed by atoms with van der Waals surface area (Å²) in [5.74, 6) is 0. The zero-order chi connectivity index (χ0) is 10.6. The molecule has 84 valence electrons. The predicted molar refractivity (Wildman–Crippen MR) is 62.2 cm³/mol. The minimum absolute atomic E-state index is 0.282. The van der Waals surface area contributed by atoms with Crippen molar-refractivity contribution in [3.63, 3.8) is 0 Å². The molecule has 0 saturated heterocycles. The highest BCUT2D eigenvalue weighted by Gasteiger charge is 1.99. The molecule has 0 spiro atoms. The molecular formula is C12H25NO. The largest absolute Gasteiger partial charge is 0.392 e. The van der Waals surface area contributed by atoms with E-state index in [2.05, 4.69) is 6.58 Å². The monoisotopic (exact) mass is 199 g/mol. The van der Waals surface area contributed by atoms with E-state index in [0.717, 1.165) is 19.3 Å². The maximum Gasteiger partial charge on any atom is 0.0662 e. The quantitative estimate of drug-likeness (QED) is 0.419. The molecule has 0 aliphatic rings. The summed E-state index contributed by atoms with van der Waals surface area (Å²) in [7, 11) is 0. The zero-order valence-corrected chi connectivity index (χ0v) is 9.25. The molecule has 1 atom stereocenters. The number of hydrogen-bond donors (Lipinski definition) is 2. The molecule has 0 bridgehead atoms. The van der Waals surface area contributed by atoms with Crippen LogP contribution in [0.15, 0.2) is 12.7 Å². The van der Waals surface area contributed by atoms with E-state index >= 15 is 0 Å². The van der Waals surface area contributed by atoms with Crippen molar-refractivity contribution in [3.05, 3.63) is 12.7 Å². The van der Waals surface area contributed by atoms with E-state index in [-0.39, 0.29) is 6.10 Å². The molecule has 0 aromatic rings. The van der Waals surface area contributed by atoms with E-state index < -0.39 is 0 Å². The Labute approximate surface area is 88.2 Å². The van der Waals surface area contributed by atoms with Gasteiger partial charge in [0.1, 0.15) is 0 Å². The zero-order valence-electron chi connectivity index (χ0n) is 9.25. The van der Waals surface area contributed by atoms with Crippen molar-refractivity contribution in [2.45, 2.75) is 57.5 Å². The highest BCUT2D eigenvalue weighted by Crippen LogP contribution is 2.09. The highest BCUT2D eigenvalue weighted by molar-refractivity contribution is 4.65. The molecule has 0 aliphatic carbocycles. The van der Waals surface area contributed by atoms with Crippen LogP contribution >= 0.6 is 0 Å². The normalized spacial score (nSPS) is 12.7. The van der Waals surface area contributed by atoms with Gasteiger partial charge >= 0.3 is 0 Å². The third kappa shape index (κ3) is 9.75. The molecule has 0 aliphatic heterocycles. The van der Waals surface area contributed by atoms with Gasteiger partial charge in [-0.25, -0.2) is 0 Å². The SMILES string of the molecule is C=CCCCCCCCCC(O)CN. The van der Waals surface area contributed by atoms with Crippen LogP contribution < -0.4 is 5.73 Å². The Kier molecular flexibility index (Phi) is 10.5. The van der Waals surface area contributed by atoms with Crippen LogP contribution in [-0.2, 0) is 0 Å². The summed E-state index contributed by atoms with van der Waals surface area (Å²) in [5.41, 5.74) is 5.31. The summed E-state index contributed by atoms with van der Waals surface area (Å²) in [6, 6.07) is 0. The average Bonchev–Trinajstić information content (AvgIpc) is 2.21. The summed E-state index contributed by atoms with van der Waals surface area (Å²) in [6.07, 6.45) is 11.2. The molecule has 0 saturated carbocycles. The van der Waals surface area contributed by atoms with E-state index in [1.54, 1.807) is 0 Å². The fourth-order valence-electron chi connectivity index (χ4n) is 1.49. The van der Waals surface area contributed by atoms with Gasteiger partial charge in [-0.3, -0.25) is 0 Å². The Bertz CT molecular complexity index is 125. The van der Waals surface area contributed by atoms with Crippen LogP contribution in [0.4, 0.5) is 0 Å². The van der Waals surface area contributed by atoms with Crippen molar-refractivity contribution >= 4 is 0 Å². The van der Waals surface area contributed by atoms with Crippen LogP contribution in [0.2, 0.25) is 0 Å². The lowest BCUT2D eigenvalue weighted by Gasteiger charge is -2.06. The van der Waals surface area contributed by atoms with Crippen LogP contribution in [0.3, 0.4) is 0 Å². The highest BCUT2D eigenvalue weighted by atomic mass is 16.3. The molecule has 0 aromatic heterocycles. The number of aliphatic hydroxyl groups is 1. The Morgan fingerprint density at radius 2 is 1.64 bits per heavy atom. The van der Waals surface area contributed by atoms with Gasteiger partial charge in [-0.15, -0.1) is 6.58 Å². The van der Waals surface area contributed by atoms with E-state index in [9.17, 15) is 5.11 Å². The number of unbranched alkanes of at least 4 members (excludes halogenated alkanes) is 6. The van der Waals surface area contributed by atoms with Gasteiger partial charge in [-0.2, -0.15) is 0 Å². The maximum absolute atomic E-state index is 9.19. The fourth-order valence-corrected chi connectivity index (χ4v) is 1.49. The molecule has 0 fully saturated rings. The van der Waals surface area contributed by atoms with Crippen LogP contribution in [0.25, 0.3) is 0 Å². The van der Waals surface area contributed by atoms with E-state index in [0.29, 0.717) is 6.54 Å². The molecule has 0 rings (SSSR count). The van der Waals surface area contributed by atoms with Gasteiger partial charge in [0.2, 0.25) is 0 Å². The van der Waals surface area contributed by atoms with Crippen LogP contribution in [0, 0.1) is 0 Å². The lowest BCUT2D eigenvalue weighted by molar-refractivity contribution is 0.168. The molecule has 3 N–H and O–H groups in total. The van der Waals surface area contributed by atoms with Gasteiger partial charge < -0.3 is 10.8 Å². The predicted octanol–water partition coefficient (Wildman–Crippen LogP) is 2.61. The molecule has 0 amide bonds. The number of aliphatic hydroxyl groups excluding tert-OH is 1. The summed E-state index contributed by atoms with van der Waals surface area (Å²) in [6.45, 7) is 4.10. The summed E-state index contributed by atoms with van der Waals surface area (Å²) in [4.78, 5) is 0. The molecule has 2 nitrogen and oxygen atoms in total. The van der Waals surface area contributed by atoms with E-state index in [1.807, 2.05) is 6.08 Å². The average molecular weight is 199 g/mol. The summed E-state index contributed by atoms with van der Waals surface area (Å²) >= 11 is 0. The second kappa shape index (κ2) is 10.7. The van der Waals surface area contributed by atoms with Gasteiger partial charge in [-0.1, -0.05) is 38.2 Å². The third-order valence-electron chi connectivity index (χ3n) is 2.47. The van der Waals surface area contributed by atoms with Gasteiger partial charge in [0.15, 0.2) is 0 Å². The van der Waals surface area contributed by atoms with Gasteiger partial charge in [0.05, 0.1) is 6.10 Å². The van der Waals surface area contributed by atoms with Crippen molar-refractivity contribution in [2.24, 2.45) is 5.73 Å². The molecule has 14 heavy (non-hydrogen) atoms. The lowest BCUT2D eigenvalue weighted by Crippen LogP contribution is -2.19. The first-order valence-electron chi connectivity index (χ1n) is 5.80. The van der Waals surface area contributed by atoms with Crippen LogP contribution in [0.1, 0.15) is 51.4 Å². The third-order valence-corrected chi connectivity index (χ3v) is 2.47. The van der Waals surface area contributed by atoms with E-state index in [1.165, 1.54) is 32.1 Å². The van der Waals surface area contributed by atoms with Gasteiger partial charge in [0.25, 0.3) is 0 Å². The second-order valence-corrected chi connectivity index (χ2v) is 3.88. The van der Waals surface area contributed by atoms with Crippen molar-refractivity contribution in [2.75, 3.05) is 6.54 Å². The van der Waals surface area contributed by atoms with Gasteiger partial charge in [0, 0.05) is 6.54 Å². The topological polar surface area (TPSA) is 46.2 Å². The Hall–Kier alpha value is -0.340. The molecule has 0 aromatic carbocycles. The molecule has 2 heteroatoms. The lowest BCUT2D eigenvalue weighted by atomic mass is 10.1. The van der Waals surface area contributed by atoms with Crippen molar-refractivity contribution in [1.82, 2.24) is 0 Å². The number of allylic oxidation sites excluding steroid dienone is 1. The second-order valence-electron chi connectivity index (χ2n) is 3.88. The Morgan fingerprint density at radius 1 is 1.07 bits per heavy atom. The number of rotatable bonds is 10. The van der Waals surface area contributed by atoms with Gasteiger partial charge in [-0.05, 0) is 19.3 Å². The minimum atomic E-state index is -0.282. The number of hydrogen-bond acceptors (Lipinski definition) is 2. The summed E-state index contributed by atoms with van der Waals surface area (Å²) < 4.78 is 0. The standard InChI is InChI=1S/C12H25NO/c1-2-3-4-5-6-7-8-9-10-12(14)11-13/h2,12,14H,1,3-11,13H2. The fraction of sp³-hybridized carbons (Fsp3) is 0.833.